The third-order valence-electron chi connectivity index (χ3n) is 8.27. The third-order valence-corrected chi connectivity index (χ3v) is 8.27. The molecule has 2 saturated carbocycles. The van der Waals surface area contributed by atoms with E-state index >= 15 is 0 Å². The lowest BCUT2D eigenvalue weighted by Gasteiger charge is -2.42. The van der Waals surface area contributed by atoms with Crippen molar-refractivity contribution >= 4 is 22.4 Å². The highest BCUT2D eigenvalue weighted by atomic mass is 16.5. The number of aromatic nitrogens is 2. The van der Waals surface area contributed by atoms with Crippen LogP contribution in [0.25, 0.3) is 11.0 Å². The molecule has 2 aromatic heterocycles. The van der Waals surface area contributed by atoms with Gasteiger partial charge in [-0.25, -0.2) is 4.98 Å². The van der Waals surface area contributed by atoms with Crippen LogP contribution in [0.5, 0.6) is 11.5 Å². The van der Waals surface area contributed by atoms with Crippen LogP contribution in [-0.4, -0.2) is 49.4 Å². The minimum atomic E-state index is -0.352. The van der Waals surface area contributed by atoms with Crippen LogP contribution in [0.3, 0.4) is 0 Å². The second-order valence-electron chi connectivity index (χ2n) is 10.6. The molecule has 3 aromatic rings. The molecule has 0 aliphatic heterocycles. The van der Waals surface area contributed by atoms with Gasteiger partial charge in [-0.3, -0.25) is 4.79 Å². The normalized spacial score (nSPS) is 18.7. The van der Waals surface area contributed by atoms with Gasteiger partial charge in [-0.15, -0.1) is 0 Å². The Labute approximate surface area is 228 Å². The van der Waals surface area contributed by atoms with E-state index in [0.29, 0.717) is 28.7 Å². The van der Waals surface area contributed by atoms with Gasteiger partial charge in [-0.05, 0) is 56.6 Å². The first-order valence-electron chi connectivity index (χ1n) is 13.4. The number of aryl methyl sites for hydroxylation is 1. The van der Waals surface area contributed by atoms with E-state index in [1.165, 1.54) is 17.4 Å². The number of pyridine rings is 2. The summed E-state index contributed by atoms with van der Waals surface area (Å²) in [5.74, 6) is 2.28. The Morgan fingerprint density at radius 1 is 0.974 bits per heavy atom. The van der Waals surface area contributed by atoms with Gasteiger partial charge in [0.2, 0.25) is 0 Å². The summed E-state index contributed by atoms with van der Waals surface area (Å²) in [5, 5.41) is 19.4. The predicted octanol–water partition coefficient (Wildman–Crippen LogP) is 4.36. The van der Waals surface area contributed by atoms with Crippen molar-refractivity contribution in [3.8, 4) is 23.6 Å². The molecule has 0 bridgehead atoms. The molecule has 0 unspecified atom stereocenters. The lowest BCUT2D eigenvalue weighted by molar-refractivity contribution is 0.363. The number of rotatable bonds is 8. The molecule has 202 valence electrons. The molecule has 2 aliphatic carbocycles. The van der Waals surface area contributed by atoms with Crippen molar-refractivity contribution in [1.29, 1.82) is 10.5 Å². The minimum absolute atomic E-state index is 0.0658. The summed E-state index contributed by atoms with van der Waals surface area (Å²) in [4.78, 5) is 22.2. The van der Waals surface area contributed by atoms with Gasteiger partial charge in [0, 0.05) is 56.6 Å². The molecule has 9 heteroatoms. The molecule has 39 heavy (non-hydrogen) atoms. The topological polar surface area (TPSA) is 107 Å². The average molecular weight is 527 g/mol. The molecule has 9 nitrogen and oxygen atoms in total. The fraction of sp³-hybridized carbons (Fsp3) is 0.467. The maximum absolute atomic E-state index is 13.1. The van der Waals surface area contributed by atoms with Gasteiger partial charge in [0.15, 0.2) is 0 Å². The van der Waals surface area contributed by atoms with Gasteiger partial charge in [-0.1, -0.05) is 0 Å². The largest absolute Gasteiger partial charge is 0.497 e. The molecule has 1 aromatic carbocycles. The van der Waals surface area contributed by atoms with Crippen LogP contribution in [0.4, 0.5) is 11.4 Å². The average Bonchev–Trinajstić information content (AvgIpc) is 3.81. The number of hydrogen-bond donors (Lipinski definition) is 0. The first-order valence-corrected chi connectivity index (χ1v) is 13.4. The Balaban J connectivity index is 1.43. The fourth-order valence-electron chi connectivity index (χ4n) is 5.84. The monoisotopic (exact) mass is 526 g/mol. The van der Waals surface area contributed by atoms with Crippen molar-refractivity contribution in [2.75, 3.05) is 37.6 Å². The number of nitrogens with zero attached hydrogens (tertiary/aromatic N) is 6. The summed E-state index contributed by atoms with van der Waals surface area (Å²) in [5.41, 5.74) is 2.72. The van der Waals surface area contributed by atoms with Crippen LogP contribution in [0.2, 0.25) is 0 Å². The molecule has 2 heterocycles. The van der Waals surface area contributed by atoms with Gasteiger partial charge in [0.1, 0.15) is 40.4 Å². The van der Waals surface area contributed by atoms with Gasteiger partial charge in [0.05, 0.1) is 25.4 Å². The zero-order valence-corrected chi connectivity index (χ0v) is 23.0. The van der Waals surface area contributed by atoms with E-state index in [-0.39, 0.29) is 22.9 Å². The lowest BCUT2D eigenvalue weighted by atomic mass is 9.88. The zero-order chi connectivity index (χ0) is 27.7. The number of methoxy groups -OCH3 is 2. The van der Waals surface area contributed by atoms with Crippen LogP contribution in [0.15, 0.2) is 35.1 Å². The second-order valence-corrected chi connectivity index (χ2v) is 10.6. The van der Waals surface area contributed by atoms with E-state index in [4.69, 9.17) is 9.47 Å². The minimum Gasteiger partial charge on any atom is -0.497 e. The van der Waals surface area contributed by atoms with E-state index < -0.39 is 0 Å². The summed E-state index contributed by atoms with van der Waals surface area (Å²) in [6, 6.07) is 14.1. The molecule has 0 atom stereocenters. The standard InChI is InChI=1S/C30H34N6O3/c1-34(29-26(17-32)30(37)35(2)27-12-7-20(16-31)33-28(27)29)21-8-10-22(11-9-21)36(18-19-5-6-19)23-13-24(38-3)15-25(14-23)39-4/h7,12-15,19,21-22H,5-6,8-11,18H2,1-4H3/t21-,22+. The van der Waals surface area contributed by atoms with Gasteiger partial charge in [-0.2, -0.15) is 10.5 Å². The smallest absolute Gasteiger partial charge is 0.270 e. The van der Waals surface area contributed by atoms with E-state index in [1.807, 2.05) is 18.0 Å². The van der Waals surface area contributed by atoms with Crippen molar-refractivity contribution < 1.29 is 9.47 Å². The summed E-state index contributed by atoms with van der Waals surface area (Å²) in [6.45, 7) is 1.01. The summed E-state index contributed by atoms with van der Waals surface area (Å²) in [7, 11) is 6.93. The summed E-state index contributed by atoms with van der Waals surface area (Å²) >= 11 is 0. The predicted molar refractivity (Wildman–Crippen MR) is 150 cm³/mol. The van der Waals surface area contributed by atoms with Crippen molar-refractivity contribution in [2.45, 2.75) is 50.6 Å². The van der Waals surface area contributed by atoms with Gasteiger partial charge >= 0.3 is 0 Å². The molecule has 2 fully saturated rings. The van der Waals surface area contributed by atoms with Crippen LogP contribution < -0.4 is 24.8 Å². The van der Waals surface area contributed by atoms with Crippen LogP contribution in [0.1, 0.15) is 49.8 Å². The van der Waals surface area contributed by atoms with E-state index in [2.05, 4.69) is 34.2 Å². The van der Waals surface area contributed by atoms with Gasteiger partial charge < -0.3 is 23.8 Å². The molecule has 0 amide bonds. The molecular weight excluding hydrogens is 492 g/mol. The van der Waals surface area contributed by atoms with Crippen LogP contribution in [-0.2, 0) is 7.05 Å². The Morgan fingerprint density at radius 3 is 2.18 bits per heavy atom. The van der Waals surface area contributed by atoms with Gasteiger partial charge in [0.25, 0.3) is 5.56 Å². The van der Waals surface area contributed by atoms with E-state index in [0.717, 1.165) is 49.4 Å². The first kappa shape index (κ1) is 26.4. The zero-order valence-electron chi connectivity index (χ0n) is 23.0. The summed E-state index contributed by atoms with van der Waals surface area (Å²) < 4.78 is 12.5. The van der Waals surface area contributed by atoms with Crippen LogP contribution in [0, 0.1) is 28.6 Å². The molecular formula is C30H34N6O3. The number of anilines is 2. The highest BCUT2D eigenvalue weighted by molar-refractivity contribution is 5.92. The quantitative estimate of drug-likeness (QED) is 0.426. The highest BCUT2D eigenvalue weighted by Gasteiger charge is 2.34. The maximum Gasteiger partial charge on any atom is 0.270 e. The van der Waals surface area contributed by atoms with E-state index in [9.17, 15) is 15.3 Å². The number of fused-ring (bicyclic) bond motifs is 1. The lowest BCUT2D eigenvalue weighted by Crippen LogP contribution is -2.44. The van der Waals surface area contributed by atoms with Crippen LogP contribution >= 0.6 is 0 Å². The van der Waals surface area contributed by atoms with Crippen molar-refractivity contribution in [3.05, 3.63) is 51.9 Å². The molecule has 0 N–H and O–H groups in total. The number of benzene rings is 1. The Morgan fingerprint density at radius 2 is 1.62 bits per heavy atom. The maximum atomic E-state index is 13.1. The fourth-order valence-corrected chi connectivity index (χ4v) is 5.84. The second kappa shape index (κ2) is 10.9. The first-order chi connectivity index (χ1) is 18.9. The van der Waals surface area contributed by atoms with E-state index in [1.54, 1.807) is 33.4 Å². The Bertz CT molecular complexity index is 1500. The SMILES string of the molecule is COc1cc(OC)cc(N(CC2CC2)[C@H]2CC[C@@H](N(C)c3c(C#N)c(=O)n(C)c4ccc(C#N)nc34)CC2)c1. The van der Waals surface area contributed by atoms with Crippen molar-refractivity contribution in [1.82, 2.24) is 9.55 Å². The molecule has 0 saturated heterocycles. The Kier molecular flexibility index (Phi) is 7.34. The molecule has 2 aliphatic rings. The number of ether oxygens (including phenoxy) is 2. The molecule has 0 radical (unpaired) electrons. The number of nitriles is 2. The Hall–Kier alpha value is -4.24. The van der Waals surface area contributed by atoms with Crippen molar-refractivity contribution in [3.63, 3.8) is 0 Å². The van der Waals surface area contributed by atoms with Crippen molar-refractivity contribution in [2.24, 2.45) is 13.0 Å². The molecule has 0 spiro atoms. The highest BCUT2D eigenvalue weighted by Crippen LogP contribution is 2.39. The third kappa shape index (κ3) is 5.09. The number of hydrogen-bond acceptors (Lipinski definition) is 8. The summed E-state index contributed by atoms with van der Waals surface area (Å²) in [6.07, 6.45) is 6.29. The molecule has 5 rings (SSSR count).